The van der Waals surface area contributed by atoms with Gasteiger partial charge >= 0.3 is 5.97 Å². The fourth-order valence-electron chi connectivity index (χ4n) is 2.98. The van der Waals surface area contributed by atoms with Crippen molar-refractivity contribution in [3.8, 4) is 11.5 Å². The van der Waals surface area contributed by atoms with Crippen LogP contribution in [0.2, 0.25) is 0 Å². The van der Waals surface area contributed by atoms with Crippen LogP contribution in [0.15, 0.2) is 48.5 Å². The van der Waals surface area contributed by atoms with E-state index >= 15 is 0 Å². The molecule has 0 aliphatic carbocycles. The van der Waals surface area contributed by atoms with E-state index in [1.807, 2.05) is 48.5 Å². The number of hydrogen-bond donors (Lipinski definition) is 1. The number of hydrogen-bond acceptors (Lipinski definition) is 4. The van der Waals surface area contributed by atoms with Gasteiger partial charge in [-0.15, -0.1) is 0 Å². The third-order valence-corrected chi connectivity index (χ3v) is 4.40. The minimum absolute atomic E-state index is 0.0603. The molecule has 2 aromatic rings. The summed E-state index contributed by atoms with van der Waals surface area (Å²) in [6.45, 7) is 1.03. The number of carboxylic acid groups (broad SMARTS) is 1. The number of carbonyl (C=O) groups excluding carboxylic acids is 1. The molecule has 1 amide bonds. The van der Waals surface area contributed by atoms with Gasteiger partial charge in [0.1, 0.15) is 6.61 Å². The summed E-state index contributed by atoms with van der Waals surface area (Å²) in [7, 11) is 1.57. The molecule has 1 aliphatic heterocycles. The van der Waals surface area contributed by atoms with Gasteiger partial charge in [-0.2, -0.15) is 0 Å². The summed E-state index contributed by atoms with van der Waals surface area (Å²) in [6, 6.07) is 15.3. The molecule has 1 unspecified atom stereocenters. The number of likely N-dealkylation sites (tertiary alicyclic amines) is 1. The molecule has 0 radical (unpaired) electrons. The summed E-state index contributed by atoms with van der Waals surface area (Å²) < 4.78 is 11.2. The Morgan fingerprint density at radius 2 is 1.92 bits per heavy atom. The molecular formula is C20H21NO5. The van der Waals surface area contributed by atoms with E-state index in [1.54, 1.807) is 12.0 Å². The van der Waals surface area contributed by atoms with Gasteiger partial charge in [-0.25, -0.2) is 0 Å². The lowest BCUT2D eigenvalue weighted by atomic mass is 10.1. The number of carbonyl (C=O) groups is 2. The van der Waals surface area contributed by atoms with Crippen LogP contribution in [0.4, 0.5) is 0 Å². The van der Waals surface area contributed by atoms with Crippen LogP contribution in [0.5, 0.6) is 11.5 Å². The number of carboxylic acids is 1. The molecule has 136 valence electrons. The van der Waals surface area contributed by atoms with Crippen molar-refractivity contribution in [3.05, 3.63) is 59.7 Å². The zero-order valence-corrected chi connectivity index (χ0v) is 14.6. The molecule has 1 atom stereocenters. The van der Waals surface area contributed by atoms with Gasteiger partial charge in [0.05, 0.1) is 13.0 Å². The van der Waals surface area contributed by atoms with Crippen molar-refractivity contribution in [2.75, 3.05) is 13.7 Å². The fraction of sp³-hybridized carbons (Fsp3) is 0.300. The first-order valence-corrected chi connectivity index (χ1v) is 8.41. The zero-order valence-electron chi connectivity index (χ0n) is 14.6. The molecule has 1 N–H and O–H groups in total. The second-order valence-electron chi connectivity index (χ2n) is 6.27. The van der Waals surface area contributed by atoms with E-state index in [0.29, 0.717) is 24.7 Å². The summed E-state index contributed by atoms with van der Waals surface area (Å²) in [5.74, 6) is -0.488. The van der Waals surface area contributed by atoms with E-state index in [9.17, 15) is 9.59 Å². The van der Waals surface area contributed by atoms with Gasteiger partial charge in [-0.05, 0) is 23.3 Å². The molecule has 3 rings (SSSR count). The normalized spacial score (nSPS) is 16.6. The van der Waals surface area contributed by atoms with Gasteiger partial charge in [0.25, 0.3) is 0 Å². The maximum atomic E-state index is 12.0. The molecule has 1 heterocycles. The molecule has 0 bridgehead atoms. The lowest BCUT2D eigenvalue weighted by molar-refractivity contribution is -0.141. The van der Waals surface area contributed by atoms with Crippen molar-refractivity contribution in [1.82, 2.24) is 4.90 Å². The minimum Gasteiger partial charge on any atom is -0.493 e. The Bertz CT molecular complexity index is 790. The lowest BCUT2D eigenvalue weighted by Crippen LogP contribution is -2.25. The Labute approximate surface area is 152 Å². The zero-order chi connectivity index (χ0) is 18.5. The highest BCUT2D eigenvalue weighted by Crippen LogP contribution is 2.30. The molecule has 6 nitrogen and oxygen atoms in total. The molecule has 0 saturated carbocycles. The third kappa shape index (κ3) is 4.14. The van der Waals surface area contributed by atoms with E-state index in [2.05, 4.69) is 0 Å². The molecule has 26 heavy (non-hydrogen) atoms. The van der Waals surface area contributed by atoms with Crippen molar-refractivity contribution in [3.63, 3.8) is 0 Å². The second-order valence-corrected chi connectivity index (χ2v) is 6.27. The summed E-state index contributed by atoms with van der Waals surface area (Å²) in [4.78, 5) is 24.6. The quantitative estimate of drug-likeness (QED) is 0.826. The van der Waals surface area contributed by atoms with Crippen LogP contribution in [-0.4, -0.2) is 35.5 Å². The van der Waals surface area contributed by atoms with Crippen molar-refractivity contribution in [2.24, 2.45) is 5.92 Å². The standard InChI is InChI=1S/C20H21NO5/c1-25-18-9-15(11-21-12-16(20(23)24)10-19(21)22)7-8-17(18)26-13-14-5-3-2-4-6-14/h2-9,16H,10-13H2,1H3,(H,23,24). The van der Waals surface area contributed by atoms with Crippen LogP contribution in [0.25, 0.3) is 0 Å². The largest absolute Gasteiger partial charge is 0.493 e. The van der Waals surface area contributed by atoms with Crippen molar-refractivity contribution in [2.45, 2.75) is 19.6 Å². The fourth-order valence-corrected chi connectivity index (χ4v) is 2.98. The van der Waals surface area contributed by atoms with Crippen molar-refractivity contribution in [1.29, 1.82) is 0 Å². The lowest BCUT2D eigenvalue weighted by Gasteiger charge is -2.18. The maximum Gasteiger partial charge on any atom is 0.308 e. The SMILES string of the molecule is COc1cc(CN2CC(C(=O)O)CC2=O)ccc1OCc1ccccc1. The van der Waals surface area contributed by atoms with E-state index in [1.165, 1.54) is 0 Å². The van der Waals surface area contributed by atoms with Crippen LogP contribution in [0.1, 0.15) is 17.5 Å². The van der Waals surface area contributed by atoms with Crippen LogP contribution >= 0.6 is 0 Å². The Kier molecular flexibility index (Phi) is 5.41. The highest BCUT2D eigenvalue weighted by molar-refractivity contribution is 5.86. The number of methoxy groups -OCH3 is 1. The summed E-state index contributed by atoms with van der Waals surface area (Å²) in [5, 5.41) is 9.07. The van der Waals surface area contributed by atoms with E-state index in [-0.39, 0.29) is 18.9 Å². The topological polar surface area (TPSA) is 76.1 Å². The van der Waals surface area contributed by atoms with Gasteiger partial charge in [-0.1, -0.05) is 36.4 Å². The second kappa shape index (κ2) is 7.91. The molecule has 1 aliphatic rings. The first-order valence-electron chi connectivity index (χ1n) is 8.41. The molecular weight excluding hydrogens is 334 g/mol. The van der Waals surface area contributed by atoms with Gasteiger partial charge in [0.15, 0.2) is 11.5 Å². The smallest absolute Gasteiger partial charge is 0.308 e. The van der Waals surface area contributed by atoms with Gasteiger partial charge < -0.3 is 19.5 Å². The first-order chi connectivity index (χ1) is 12.6. The molecule has 6 heteroatoms. The molecule has 2 aromatic carbocycles. The van der Waals surface area contributed by atoms with E-state index < -0.39 is 11.9 Å². The number of amides is 1. The predicted molar refractivity (Wildman–Crippen MR) is 94.9 cm³/mol. The maximum absolute atomic E-state index is 12.0. The monoisotopic (exact) mass is 355 g/mol. The Morgan fingerprint density at radius 3 is 2.58 bits per heavy atom. The summed E-state index contributed by atoms with van der Waals surface area (Å²) in [5.41, 5.74) is 1.93. The highest BCUT2D eigenvalue weighted by atomic mass is 16.5. The number of rotatable bonds is 7. The number of benzene rings is 2. The average molecular weight is 355 g/mol. The summed E-state index contributed by atoms with van der Waals surface area (Å²) in [6.07, 6.45) is 0.0603. The molecule has 1 saturated heterocycles. The summed E-state index contributed by atoms with van der Waals surface area (Å²) >= 11 is 0. The van der Waals surface area contributed by atoms with Gasteiger partial charge in [-0.3, -0.25) is 9.59 Å². The van der Waals surface area contributed by atoms with Crippen molar-refractivity contribution >= 4 is 11.9 Å². The number of nitrogens with zero attached hydrogens (tertiary/aromatic N) is 1. The molecule has 0 spiro atoms. The van der Waals surface area contributed by atoms with E-state index in [0.717, 1.165) is 11.1 Å². The van der Waals surface area contributed by atoms with Crippen LogP contribution < -0.4 is 9.47 Å². The number of aliphatic carboxylic acids is 1. The average Bonchev–Trinajstić information content (AvgIpc) is 3.02. The van der Waals surface area contributed by atoms with Gasteiger partial charge in [0, 0.05) is 19.5 Å². The number of ether oxygens (including phenoxy) is 2. The van der Waals surface area contributed by atoms with E-state index in [4.69, 9.17) is 14.6 Å². The highest BCUT2D eigenvalue weighted by Gasteiger charge is 2.34. The van der Waals surface area contributed by atoms with Crippen LogP contribution in [0, 0.1) is 5.92 Å². The third-order valence-electron chi connectivity index (χ3n) is 4.40. The Balaban J connectivity index is 1.66. The molecule has 1 fully saturated rings. The van der Waals surface area contributed by atoms with Gasteiger partial charge in [0.2, 0.25) is 5.91 Å². The van der Waals surface area contributed by atoms with Crippen molar-refractivity contribution < 1.29 is 24.2 Å². The predicted octanol–water partition coefficient (Wildman–Crippen LogP) is 2.71. The Hall–Kier alpha value is -3.02. The van der Waals surface area contributed by atoms with Crippen LogP contribution in [-0.2, 0) is 22.7 Å². The Morgan fingerprint density at radius 1 is 1.15 bits per heavy atom. The van der Waals surface area contributed by atoms with Crippen LogP contribution in [0.3, 0.4) is 0 Å². The first kappa shape index (κ1) is 17.8. The minimum atomic E-state index is -0.928. The molecule has 0 aromatic heterocycles.